The first-order valence-corrected chi connectivity index (χ1v) is 3.60. The molecule has 0 aromatic carbocycles. The Morgan fingerprint density at radius 1 is 1.62 bits per heavy atom. The zero-order valence-electron chi connectivity index (χ0n) is 4.50. The molecule has 0 aliphatic carbocycles. The van der Waals surface area contributed by atoms with Crippen LogP contribution in [0.1, 0.15) is 12.8 Å². The van der Waals surface area contributed by atoms with Gasteiger partial charge in [0.1, 0.15) is 0 Å². The summed E-state index contributed by atoms with van der Waals surface area (Å²) in [6.45, 7) is 0. The molecule has 0 saturated heterocycles. The maximum absolute atomic E-state index is 9.69. The first-order valence-electron chi connectivity index (χ1n) is 2.45. The summed E-state index contributed by atoms with van der Waals surface area (Å²) < 4.78 is 0. The molecule has 1 atom stereocenters. The smallest absolute Gasteiger partial charge is 0.199 e. The lowest BCUT2D eigenvalue weighted by Crippen LogP contribution is -1.99. The highest BCUT2D eigenvalue weighted by molar-refractivity contribution is 7.81. The van der Waals surface area contributed by atoms with E-state index in [9.17, 15) is 4.79 Å². The fourth-order valence-corrected chi connectivity index (χ4v) is 1.07. The van der Waals surface area contributed by atoms with Crippen LogP contribution in [0.5, 0.6) is 0 Å². The van der Waals surface area contributed by atoms with Crippen LogP contribution in [0.4, 0.5) is 0 Å². The topological polar surface area (TPSA) is 17.1 Å². The highest BCUT2D eigenvalue weighted by Gasteiger charge is 1.98. The number of carbonyl (C=O) groups excluding carboxylic acids is 1. The normalized spacial score (nSPS) is 13.2. The minimum Gasteiger partial charge on any atom is -0.291 e. The summed E-state index contributed by atoms with van der Waals surface area (Å²) in [4.78, 5) is 9.69. The molecular weight excluding hydrogens is 140 g/mol. The third-order valence-corrected chi connectivity index (χ3v) is 1.48. The third kappa shape index (κ3) is 4.53. The van der Waals surface area contributed by atoms with Gasteiger partial charge in [0.05, 0.1) is 0 Å². The van der Waals surface area contributed by atoms with Crippen LogP contribution in [0.3, 0.4) is 0 Å². The molecule has 3 heteroatoms. The van der Waals surface area contributed by atoms with Gasteiger partial charge in [-0.1, -0.05) is 0 Å². The molecule has 0 fully saturated rings. The fraction of sp³-hybridized carbons (Fsp3) is 0.800. The molecule has 0 aromatic heterocycles. The molecule has 1 radical (unpaired) electrons. The van der Waals surface area contributed by atoms with E-state index in [4.69, 9.17) is 0 Å². The minimum absolute atomic E-state index is 0.157. The molecule has 0 bridgehead atoms. The molecule has 0 aliphatic heterocycles. The lowest BCUT2D eigenvalue weighted by Gasteiger charge is -2.00. The van der Waals surface area contributed by atoms with Crippen LogP contribution >= 0.6 is 25.3 Å². The maximum atomic E-state index is 9.69. The minimum atomic E-state index is 0.157. The molecule has 0 aromatic rings. The van der Waals surface area contributed by atoms with Crippen LogP contribution in [-0.2, 0) is 4.79 Å². The van der Waals surface area contributed by atoms with E-state index in [0.29, 0.717) is 6.42 Å². The Morgan fingerprint density at radius 2 is 2.25 bits per heavy atom. The SMILES string of the molecule is O=[C]CC(S)CCS. The Morgan fingerprint density at radius 3 is 2.62 bits per heavy atom. The standard InChI is InChI=1S/C5H9OS2/c6-3-1-5(8)2-4-7/h5,7-8H,1-2,4H2. The van der Waals surface area contributed by atoms with Gasteiger partial charge in [0.2, 0.25) is 0 Å². The number of thiol groups is 2. The van der Waals surface area contributed by atoms with Gasteiger partial charge in [-0.15, -0.1) is 0 Å². The quantitative estimate of drug-likeness (QED) is 0.573. The second-order valence-corrected chi connectivity index (χ2v) is 2.69. The van der Waals surface area contributed by atoms with Gasteiger partial charge in [-0.2, -0.15) is 25.3 Å². The summed E-state index contributed by atoms with van der Waals surface area (Å²) >= 11 is 8.05. The fourth-order valence-electron chi connectivity index (χ4n) is 0.347. The molecule has 1 unspecified atom stereocenters. The highest BCUT2D eigenvalue weighted by Crippen LogP contribution is 2.04. The first-order chi connectivity index (χ1) is 3.81. The van der Waals surface area contributed by atoms with Gasteiger partial charge in [0.15, 0.2) is 6.29 Å². The predicted molar refractivity (Wildman–Crippen MR) is 41.6 cm³/mol. The lowest BCUT2D eigenvalue weighted by molar-refractivity contribution is 0.549. The van der Waals surface area contributed by atoms with E-state index in [1.54, 1.807) is 6.29 Å². The monoisotopic (exact) mass is 149 g/mol. The molecule has 0 N–H and O–H groups in total. The summed E-state index contributed by atoms with van der Waals surface area (Å²) in [7, 11) is 0. The summed E-state index contributed by atoms with van der Waals surface area (Å²) in [6.07, 6.45) is 3.09. The summed E-state index contributed by atoms with van der Waals surface area (Å²) in [5.41, 5.74) is 0. The second-order valence-electron chi connectivity index (χ2n) is 1.51. The van der Waals surface area contributed by atoms with E-state index >= 15 is 0 Å². The van der Waals surface area contributed by atoms with Crippen molar-refractivity contribution in [2.75, 3.05) is 5.75 Å². The van der Waals surface area contributed by atoms with E-state index in [-0.39, 0.29) is 5.25 Å². The van der Waals surface area contributed by atoms with E-state index in [0.717, 1.165) is 12.2 Å². The Labute approximate surface area is 60.7 Å². The Hall–Kier alpha value is 0.370. The average molecular weight is 149 g/mol. The molecule has 8 heavy (non-hydrogen) atoms. The van der Waals surface area contributed by atoms with Crippen LogP contribution in [0.25, 0.3) is 0 Å². The van der Waals surface area contributed by atoms with Gasteiger partial charge in [0, 0.05) is 11.7 Å². The highest BCUT2D eigenvalue weighted by atomic mass is 32.1. The van der Waals surface area contributed by atoms with E-state index in [1.807, 2.05) is 0 Å². The Balaban J connectivity index is 3.03. The van der Waals surface area contributed by atoms with Crippen molar-refractivity contribution >= 4 is 31.5 Å². The second kappa shape index (κ2) is 5.51. The average Bonchev–Trinajstić information content (AvgIpc) is 1.68. The summed E-state index contributed by atoms with van der Waals surface area (Å²) in [5, 5.41) is 0.157. The molecule has 0 aliphatic rings. The Kier molecular flexibility index (Phi) is 5.76. The molecule has 0 saturated carbocycles. The van der Waals surface area contributed by atoms with Gasteiger partial charge in [-0.25, -0.2) is 0 Å². The van der Waals surface area contributed by atoms with E-state index in [1.165, 1.54) is 0 Å². The number of hydrogen-bond acceptors (Lipinski definition) is 3. The van der Waals surface area contributed by atoms with Crippen LogP contribution in [0.15, 0.2) is 0 Å². The van der Waals surface area contributed by atoms with Gasteiger partial charge >= 0.3 is 0 Å². The van der Waals surface area contributed by atoms with Gasteiger partial charge in [-0.05, 0) is 12.2 Å². The molecule has 47 valence electrons. The van der Waals surface area contributed by atoms with Crippen molar-refractivity contribution in [3.8, 4) is 0 Å². The van der Waals surface area contributed by atoms with Gasteiger partial charge < -0.3 is 0 Å². The zero-order chi connectivity index (χ0) is 6.41. The molecule has 0 amide bonds. The molecule has 1 nitrogen and oxygen atoms in total. The van der Waals surface area contributed by atoms with Crippen LogP contribution < -0.4 is 0 Å². The predicted octanol–water partition coefficient (Wildman–Crippen LogP) is 1.10. The van der Waals surface area contributed by atoms with Crippen LogP contribution in [0.2, 0.25) is 0 Å². The lowest BCUT2D eigenvalue weighted by atomic mass is 10.3. The van der Waals surface area contributed by atoms with Crippen molar-refractivity contribution in [3.63, 3.8) is 0 Å². The van der Waals surface area contributed by atoms with E-state index < -0.39 is 0 Å². The summed E-state index contributed by atoms with van der Waals surface area (Å²) in [6, 6.07) is 0. The molecular formula is C5H9OS2. The van der Waals surface area contributed by atoms with Crippen molar-refractivity contribution in [1.82, 2.24) is 0 Å². The van der Waals surface area contributed by atoms with Gasteiger partial charge in [-0.3, -0.25) is 4.79 Å². The largest absolute Gasteiger partial charge is 0.291 e. The first kappa shape index (κ1) is 8.37. The van der Waals surface area contributed by atoms with Gasteiger partial charge in [0.25, 0.3) is 0 Å². The zero-order valence-corrected chi connectivity index (χ0v) is 6.29. The maximum Gasteiger partial charge on any atom is 0.199 e. The van der Waals surface area contributed by atoms with Crippen molar-refractivity contribution in [2.45, 2.75) is 18.1 Å². The van der Waals surface area contributed by atoms with Crippen molar-refractivity contribution in [2.24, 2.45) is 0 Å². The molecule has 0 rings (SSSR count). The van der Waals surface area contributed by atoms with E-state index in [2.05, 4.69) is 25.3 Å². The Bertz CT molecular complexity index is 65.4. The van der Waals surface area contributed by atoms with Crippen LogP contribution in [-0.4, -0.2) is 17.3 Å². The van der Waals surface area contributed by atoms with Crippen molar-refractivity contribution in [1.29, 1.82) is 0 Å². The van der Waals surface area contributed by atoms with Crippen molar-refractivity contribution in [3.05, 3.63) is 0 Å². The van der Waals surface area contributed by atoms with Crippen molar-refractivity contribution < 1.29 is 4.79 Å². The third-order valence-electron chi connectivity index (χ3n) is 0.781. The van der Waals surface area contributed by atoms with Crippen LogP contribution in [0, 0.1) is 0 Å². The molecule has 0 spiro atoms. The summed E-state index contributed by atoms with van der Waals surface area (Å²) in [5.74, 6) is 0.788. The number of hydrogen-bond donors (Lipinski definition) is 2. The molecule has 0 heterocycles. The number of rotatable bonds is 4.